The summed E-state index contributed by atoms with van der Waals surface area (Å²) in [5.74, 6) is 1.87. The Morgan fingerprint density at radius 3 is 2.86 bits per heavy atom. The van der Waals surface area contributed by atoms with Gasteiger partial charge in [0.15, 0.2) is 5.16 Å². The number of benzene rings is 1. The smallest absolute Gasteiger partial charge is 0.166 e. The maximum absolute atomic E-state index is 5.50. The van der Waals surface area contributed by atoms with Gasteiger partial charge >= 0.3 is 0 Å². The fraction of sp³-hybridized carbons (Fsp3) is 0.250. The number of ether oxygens (including phenoxy) is 1. The van der Waals surface area contributed by atoms with E-state index in [9.17, 15) is 0 Å². The van der Waals surface area contributed by atoms with Crippen LogP contribution >= 0.6 is 11.8 Å². The molecule has 3 rings (SSSR count). The quantitative estimate of drug-likeness (QED) is 0.705. The Morgan fingerprint density at radius 2 is 2.05 bits per heavy atom. The SMILES string of the molecule is CCOc1ccc2nc(SCCc3ccncc3)[nH]c2c1. The first-order valence-electron chi connectivity index (χ1n) is 6.99. The molecule has 0 spiro atoms. The second-order valence-corrected chi connectivity index (χ2v) is 5.69. The van der Waals surface area contributed by atoms with Crippen molar-refractivity contribution in [2.24, 2.45) is 0 Å². The van der Waals surface area contributed by atoms with Crippen molar-refractivity contribution in [3.63, 3.8) is 0 Å². The summed E-state index contributed by atoms with van der Waals surface area (Å²) < 4.78 is 5.50. The molecule has 0 aliphatic rings. The number of fused-ring (bicyclic) bond motifs is 1. The molecule has 0 bridgehead atoms. The van der Waals surface area contributed by atoms with Gasteiger partial charge in [-0.25, -0.2) is 4.98 Å². The number of rotatable bonds is 6. The Labute approximate surface area is 128 Å². The van der Waals surface area contributed by atoms with Gasteiger partial charge in [0.2, 0.25) is 0 Å². The minimum atomic E-state index is 0.674. The molecule has 2 heterocycles. The molecule has 0 aliphatic heterocycles. The average Bonchev–Trinajstić information content (AvgIpc) is 2.91. The number of nitrogens with zero attached hydrogens (tertiary/aromatic N) is 2. The number of H-pyrrole nitrogens is 1. The standard InChI is InChI=1S/C16H17N3OS/c1-2-20-13-3-4-14-15(11-13)19-16(18-14)21-10-7-12-5-8-17-9-6-12/h3-6,8-9,11H,2,7,10H2,1H3,(H,18,19). The molecule has 2 aromatic heterocycles. The monoisotopic (exact) mass is 299 g/mol. The van der Waals surface area contributed by atoms with Crippen molar-refractivity contribution in [2.45, 2.75) is 18.5 Å². The number of nitrogens with one attached hydrogen (secondary N) is 1. The van der Waals surface area contributed by atoms with Crippen LogP contribution in [-0.4, -0.2) is 27.3 Å². The van der Waals surface area contributed by atoms with Crippen LogP contribution in [0.2, 0.25) is 0 Å². The lowest BCUT2D eigenvalue weighted by molar-refractivity contribution is 0.340. The summed E-state index contributed by atoms with van der Waals surface area (Å²) in [6.07, 6.45) is 4.67. The van der Waals surface area contributed by atoms with Crippen molar-refractivity contribution in [2.75, 3.05) is 12.4 Å². The topological polar surface area (TPSA) is 50.8 Å². The van der Waals surface area contributed by atoms with Crippen LogP contribution in [0.25, 0.3) is 11.0 Å². The molecular weight excluding hydrogens is 282 g/mol. The zero-order valence-corrected chi connectivity index (χ0v) is 12.7. The molecular formula is C16H17N3OS. The molecule has 0 saturated heterocycles. The van der Waals surface area contributed by atoms with E-state index in [-0.39, 0.29) is 0 Å². The van der Waals surface area contributed by atoms with Crippen molar-refractivity contribution >= 4 is 22.8 Å². The molecule has 0 aliphatic carbocycles. The van der Waals surface area contributed by atoms with E-state index >= 15 is 0 Å². The van der Waals surface area contributed by atoms with Gasteiger partial charge in [0, 0.05) is 24.2 Å². The zero-order valence-electron chi connectivity index (χ0n) is 11.9. The summed E-state index contributed by atoms with van der Waals surface area (Å²) in [4.78, 5) is 12.0. The second-order valence-electron chi connectivity index (χ2n) is 4.61. The van der Waals surface area contributed by atoms with E-state index in [1.807, 2.05) is 49.6 Å². The van der Waals surface area contributed by atoms with E-state index < -0.39 is 0 Å². The largest absolute Gasteiger partial charge is 0.494 e. The Morgan fingerprint density at radius 1 is 1.19 bits per heavy atom. The van der Waals surface area contributed by atoms with E-state index in [0.29, 0.717) is 6.61 Å². The molecule has 1 aromatic carbocycles. The van der Waals surface area contributed by atoms with Crippen LogP contribution in [0.5, 0.6) is 5.75 Å². The molecule has 0 radical (unpaired) electrons. The maximum atomic E-state index is 5.50. The van der Waals surface area contributed by atoms with Gasteiger partial charge in [0.25, 0.3) is 0 Å². The number of aromatic nitrogens is 3. The normalized spacial score (nSPS) is 10.9. The van der Waals surface area contributed by atoms with Gasteiger partial charge in [0.05, 0.1) is 17.6 Å². The molecule has 3 aromatic rings. The fourth-order valence-electron chi connectivity index (χ4n) is 2.11. The van der Waals surface area contributed by atoms with E-state index in [0.717, 1.165) is 34.1 Å². The number of imidazole rings is 1. The third kappa shape index (κ3) is 3.55. The van der Waals surface area contributed by atoms with Crippen molar-refractivity contribution in [3.05, 3.63) is 48.3 Å². The van der Waals surface area contributed by atoms with E-state index in [4.69, 9.17) is 4.74 Å². The van der Waals surface area contributed by atoms with Gasteiger partial charge in [-0.3, -0.25) is 4.98 Å². The lowest BCUT2D eigenvalue weighted by Gasteiger charge is -2.00. The first-order chi connectivity index (χ1) is 10.3. The number of pyridine rings is 1. The summed E-state index contributed by atoms with van der Waals surface area (Å²) in [6, 6.07) is 10.0. The predicted molar refractivity (Wildman–Crippen MR) is 85.9 cm³/mol. The van der Waals surface area contributed by atoms with Crippen molar-refractivity contribution < 1.29 is 4.74 Å². The van der Waals surface area contributed by atoms with Crippen molar-refractivity contribution in [3.8, 4) is 5.75 Å². The van der Waals surface area contributed by atoms with Crippen LogP contribution in [0.3, 0.4) is 0 Å². The van der Waals surface area contributed by atoms with E-state index in [1.165, 1.54) is 5.56 Å². The van der Waals surface area contributed by atoms with Crippen LogP contribution in [0, 0.1) is 0 Å². The number of thioether (sulfide) groups is 1. The molecule has 0 amide bonds. The van der Waals surface area contributed by atoms with Crippen molar-refractivity contribution in [1.82, 2.24) is 15.0 Å². The van der Waals surface area contributed by atoms with E-state index in [2.05, 4.69) is 15.0 Å². The summed E-state index contributed by atoms with van der Waals surface area (Å²) in [5.41, 5.74) is 3.30. The van der Waals surface area contributed by atoms with Crippen LogP contribution in [-0.2, 0) is 6.42 Å². The van der Waals surface area contributed by atoms with Gasteiger partial charge in [-0.05, 0) is 43.2 Å². The van der Waals surface area contributed by atoms with Crippen LogP contribution in [0.1, 0.15) is 12.5 Å². The second kappa shape index (κ2) is 6.63. The summed E-state index contributed by atoms with van der Waals surface area (Å²) in [5, 5.41) is 0.952. The lowest BCUT2D eigenvalue weighted by atomic mass is 10.2. The van der Waals surface area contributed by atoms with Gasteiger partial charge in [0.1, 0.15) is 5.75 Å². The molecule has 4 nitrogen and oxygen atoms in total. The number of aryl methyl sites for hydroxylation is 1. The maximum Gasteiger partial charge on any atom is 0.166 e. The summed E-state index contributed by atoms with van der Waals surface area (Å²) >= 11 is 1.73. The molecule has 5 heteroatoms. The Bertz CT molecular complexity index is 712. The molecule has 0 fully saturated rings. The summed E-state index contributed by atoms with van der Waals surface area (Å²) in [6.45, 7) is 2.66. The lowest BCUT2D eigenvalue weighted by Crippen LogP contribution is -1.90. The van der Waals surface area contributed by atoms with Crippen LogP contribution < -0.4 is 4.74 Å². The predicted octanol–water partition coefficient (Wildman–Crippen LogP) is 3.69. The Balaban J connectivity index is 1.64. The van der Waals surface area contributed by atoms with E-state index in [1.54, 1.807) is 11.8 Å². The van der Waals surface area contributed by atoms with Gasteiger partial charge in [-0.1, -0.05) is 11.8 Å². The highest BCUT2D eigenvalue weighted by atomic mass is 32.2. The first kappa shape index (κ1) is 13.9. The molecule has 108 valence electrons. The highest BCUT2D eigenvalue weighted by molar-refractivity contribution is 7.99. The van der Waals surface area contributed by atoms with Gasteiger partial charge in [-0.2, -0.15) is 0 Å². The first-order valence-corrected chi connectivity index (χ1v) is 7.98. The zero-order chi connectivity index (χ0) is 14.5. The van der Waals surface area contributed by atoms with Crippen molar-refractivity contribution in [1.29, 1.82) is 0 Å². The minimum Gasteiger partial charge on any atom is -0.494 e. The number of hydrogen-bond donors (Lipinski definition) is 1. The molecule has 0 unspecified atom stereocenters. The minimum absolute atomic E-state index is 0.674. The highest BCUT2D eigenvalue weighted by Gasteiger charge is 2.05. The molecule has 1 N–H and O–H groups in total. The van der Waals surface area contributed by atoms with Gasteiger partial charge < -0.3 is 9.72 Å². The van der Waals surface area contributed by atoms with Gasteiger partial charge in [-0.15, -0.1) is 0 Å². The fourth-order valence-corrected chi connectivity index (χ4v) is 2.98. The number of aromatic amines is 1. The Hall–Kier alpha value is -2.01. The van der Waals surface area contributed by atoms with Crippen LogP contribution in [0.15, 0.2) is 47.9 Å². The third-order valence-electron chi connectivity index (χ3n) is 3.12. The highest BCUT2D eigenvalue weighted by Crippen LogP contribution is 2.23. The molecule has 0 saturated carbocycles. The average molecular weight is 299 g/mol. The number of hydrogen-bond acceptors (Lipinski definition) is 4. The molecule has 0 atom stereocenters. The third-order valence-corrected chi connectivity index (χ3v) is 4.00. The van der Waals surface area contributed by atoms with Crippen LogP contribution in [0.4, 0.5) is 0 Å². The molecule has 21 heavy (non-hydrogen) atoms. The summed E-state index contributed by atoms with van der Waals surface area (Å²) in [7, 11) is 0. The Kier molecular flexibility index (Phi) is 4.40.